The third-order valence-corrected chi connectivity index (χ3v) is 1.43. The molecule has 0 aromatic carbocycles. The quantitative estimate of drug-likeness (QED) is 0.723. The van der Waals surface area contributed by atoms with E-state index in [0.29, 0.717) is 0 Å². The summed E-state index contributed by atoms with van der Waals surface area (Å²) in [5.41, 5.74) is 0. The highest BCUT2D eigenvalue weighted by Crippen LogP contribution is 2.20. The molecule has 90 valence electrons. The lowest BCUT2D eigenvalue weighted by Crippen LogP contribution is -2.39. The number of nitrogens with zero attached hydrogens (tertiary/aromatic N) is 1. The van der Waals surface area contributed by atoms with Crippen molar-refractivity contribution in [3.63, 3.8) is 0 Å². The van der Waals surface area contributed by atoms with Gasteiger partial charge in [0.05, 0.1) is 13.2 Å². The number of carbonyl (C=O) groups is 1. The maximum absolute atomic E-state index is 11.8. The van der Waals surface area contributed by atoms with Gasteiger partial charge in [0.15, 0.2) is 0 Å². The van der Waals surface area contributed by atoms with Crippen LogP contribution < -0.4 is 0 Å². The van der Waals surface area contributed by atoms with Crippen molar-refractivity contribution >= 4 is 5.91 Å². The summed E-state index contributed by atoms with van der Waals surface area (Å²) in [6, 6.07) is 0. The van der Waals surface area contributed by atoms with E-state index in [-0.39, 0.29) is 4.90 Å². The summed E-state index contributed by atoms with van der Waals surface area (Å²) < 4.78 is 58.9. The molecule has 0 unspecified atom stereocenters. The summed E-state index contributed by atoms with van der Waals surface area (Å²) in [4.78, 5) is 11.1. The SMILES string of the molecule is O=C(CC(F)(F)F)N(CCO)CC(F)F. The van der Waals surface area contributed by atoms with Crippen molar-refractivity contribution in [3.05, 3.63) is 0 Å². The van der Waals surface area contributed by atoms with Gasteiger partial charge in [0.1, 0.15) is 6.42 Å². The number of halogens is 5. The Balaban J connectivity index is 4.28. The summed E-state index contributed by atoms with van der Waals surface area (Å²) in [6.07, 6.45) is -9.44. The second kappa shape index (κ2) is 5.84. The Labute approximate surface area is 82.5 Å². The standard InChI is InChI=1S/C7H10F5NO2/c8-5(9)4-13(1-2-14)6(15)3-7(10,11)12/h5,14H,1-4H2. The lowest BCUT2D eigenvalue weighted by atomic mass is 10.3. The molecule has 15 heavy (non-hydrogen) atoms. The van der Waals surface area contributed by atoms with E-state index in [1.165, 1.54) is 0 Å². The smallest absolute Gasteiger partial charge is 0.395 e. The number of hydrogen-bond acceptors (Lipinski definition) is 2. The Morgan fingerprint density at radius 1 is 1.33 bits per heavy atom. The molecular formula is C7H10F5NO2. The highest BCUT2D eigenvalue weighted by Gasteiger charge is 2.33. The summed E-state index contributed by atoms with van der Waals surface area (Å²) in [5.74, 6) is -1.46. The van der Waals surface area contributed by atoms with Crippen LogP contribution in [0.4, 0.5) is 22.0 Å². The molecule has 0 saturated carbocycles. The van der Waals surface area contributed by atoms with Crippen molar-refractivity contribution in [1.82, 2.24) is 4.90 Å². The number of amides is 1. The van der Waals surface area contributed by atoms with Gasteiger partial charge in [-0.15, -0.1) is 0 Å². The normalized spacial score (nSPS) is 11.9. The first-order valence-electron chi connectivity index (χ1n) is 4.00. The van der Waals surface area contributed by atoms with Gasteiger partial charge in [0.25, 0.3) is 6.43 Å². The zero-order valence-electron chi connectivity index (χ0n) is 7.60. The Hall–Kier alpha value is -0.920. The summed E-state index contributed by atoms with van der Waals surface area (Å²) in [7, 11) is 0. The first-order valence-corrected chi connectivity index (χ1v) is 4.00. The summed E-state index contributed by atoms with van der Waals surface area (Å²) in [5, 5.41) is 8.38. The van der Waals surface area contributed by atoms with Crippen molar-refractivity contribution in [2.75, 3.05) is 19.7 Å². The van der Waals surface area contributed by atoms with Crippen LogP contribution in [0.3, 0.4) is 0 Å². The predicted molar refractivity (Wildman–Crippen MR) is 40.3 cm³/mol. The lowest BCUT2D eigenvalue weighted by molar-refractivity contribution is -0.163. The zero-order chi connectivity index (χ0) is 12.1. The minimum atomic E-state index is -4.73. The van der Waals surface area contributed by atoms with Gasteiger partial charge < -0.3 is 10.0 Å². The van der Waals surface area contributed by atoms with Crippen LogP contribution >= 0.6 is 0 Å². The Morgan fingerprint density at radius 3 is 2.20 bits per heavy atom. The largest absolute Gasteiger partial charge is 0.397 e. The summed E-state index contributed by atoms with van der Waals surface area (Å²) in [6.45, 7) is -2.29. The number of alkyl halides is 5. The van der Waals surface area contributed by atoms with E-state index < -0.39 is 44.6 Å². The highest BCUT2D eigenvalue weighted by molar-refractivity contribution is 5.76. The fourth-order valence-electron chi connectivity index (χ4n) is 0.888. The van der Waals surface area contributed by atoms with Crippen LogP contribution in [0, 0.1) is 0 Å². The molecule has 0 aromatic heterocycles. The van der Waals surface area contributed by atoms with E-state index in [9.17, 15) is 26.7 Å². The zero-order valence-corrected chi connectivity index (χ0v) is 7.60. The molecule has 0 radical (unpaired) electrons. The maximum Gasteiger partial charge on any atom is 0.397 e. The van der Waals surface area contributed by atoms with E-state index in [1.807, 2.05) is 0 Å². The molecule has 1 amide bonds. The average molecular weight is 235 g/mol. The fraction of sp³-hybridized carbons (Fsp3) is 0.857. The number of aliphatic hydroxyl groups is 1. The van der Waals surface area contributed by atoms with Crippen LogP contribution in [0.15, 0.2) is 0 Å². The van der Waals surface area contributed by atoms with Crippen molar-refractivity contribution < 1.29 is 31.9 Å². The van der Waals surface area contributed by atoms with E-state index in [2.05, 4.69) is 0 Å². The molecule has 0 aliphatic carbocycles. The second-order valence-electron chi connectivity index (χ2n) is 2.75. The van der Waals surface area contributed by atoms with Gasteiger partial charge in [-0.1, -0.05) is 0 Å². The minimum absolute atomic E-state index is 0.290. The van der Waals surface area contributed by atoms with Crippen LogP contribution in [-0.2, 0) is 4.79 Å². The molecule has 0 aromatic rings. The lowest BCUT2D eigenvalue weighted by Gasteiger charge is -2.21. The van der Waals surface area contributed by atoms with E-state index in [1.54, 1.807) is 0 Å². The van der Waals surface area contributed by atoms with Crippen molar-refractivity contribution in [2.45, 2.75) is 19.0 Å². The van der Waals surface area contributed by atoms with Crippen LogP contribution in [-0.4, -0.2) is 48.2 Å². The van der Waals surface area contributed by atoms with Crippen LogP contribution in [0.2, 0.25) is 0 Å². The number of rotatable bonds is 5. The molecule has 0 atom stereocenters. The third kappa shape index (κ3) is 7.06. The van der Waals surface area contributed by atoms with E-state index in [4.69, 9.17) is 5.11 Å². The number of carbonyl (C=O) groups excluding carboxylic acids is 1. The van der Waals surface area contributed by atoms with Gasteiger partial charge in [-0.05, 0) is 0 Å². The Morgan fingerprint density at radius 2 is 1.87 bits per heavy atom. The molecule has 0 saturated heterocycles. The molecule has 8 heteroatoms. The Kier molecular flexibility index (Phi) is 5.48. The molecule has 0 spiro atoms. The van der Waals surface area contributed by atoms with Crippen LogP contribution in [0.25, 0.3) is 0 Å². The van der Waals surface area contributed by atoms with Gasteiger partial charge in [-0.3, -0.25) is 4.79 Å². The highest BCUT2D eigenvalue weighted by atomic mass is 19.4. The second-order valence-corrected chi connectivity index (χ2v) is 2.75. The minimum Gasteiger partial charge on any atom is -0.395 e. The van der Waals surface area contributed by atoms with E-state index >= 15 is 0 Å². The first-order chi connectivity index (χ1) is 6.76. The van der Waals surface area contributed by atoms with Gasteiger partial charge in [-0.2, -0.15) is 13.2 Å². The van der Waals surface area contributed by atoms with Crippen LogP contribution in [0.1, 0.15) is 6.42 Å². The molecule has 0 rings (SSSR count). The monoisotopic (exact) mass is 235 g/mol. The fourth-order valence-corrected chi connectivity index (χ4v) is 0.888. The van der Waals surface area contributed by atoms with Crippen molar-refractivity contribution in [1.29, 1.82) is 0 Å². The van der Waals surface area contributed by atoms with Crippen LogP contribution in [0.5, 0.6) is 0 Å². The number of hydrogen-bond donors (Lipinski definition) is 1. The number of aliphatic hydroxyl groups excluding tert-OH is 1. The van der Waals surface area contributed by atoms with Gasteiger partial charge in [-0.25, -0.2) is 8.78 Å². The summed E-state index contributed by atoms with van der Waals surface area (Å²) >= 11 is 0. The Bertz CT molecular complexity index is 206. The molecular weight excluding hydrogens is 225 g/mol. The first kappa shape index (κ1) is 14.1. The van der Waals surface area contributed by atoms with Gasteiger partial charge in [0.2, 0.25) is 5.91 Å². The predicted octanol–water partition coefficient (Wildman–Crippen LogP) is 1.02. The van der Waals surface area contributed by atoms with E-state index in [0.717, 1.165) is 0 Å². The van der Waals surface area contributed by atoms with Gasteiger partial charge in [0, 0.05) is 6.54 Å². The molecule has 1 N–H and O–H groups in total. The van der Waals surface area contributed by atoms with Crippen molar-refractivity contribution in [3.8, 4) is 0 Å². The van der Waals surface area contributed by atoms with Crippen molar-refractivity contribution in [2.24, 2.45) is 0 Å². The molecule has 0 fully saturated rings. The van der Waals surface area contributed by atoms with Gasteiger partial charge >= 0.3 is 6.18 Å². The third-order valence-electron chi connectivity index (χ3n) is 1.43. The maximum atomic E-state index is 11.8. The topological polar surface area (TPSA) is 40.5 Å². The molecule has 0 aliphatic heterocycles. The average Bonchev–Trinajstić information content (AvgIpc) is 1.99. The molecule has 3 nitrogen and oxygen atoms in total. The molecule has 0 aliphatic rings. The molecule has 0 bridgehead atoms. The molecule has 0 heterocycles.